The van der Waals surface area contributed by atoms with Gasteiger partial charge in [0.15, 0.2) is 11.5 Å². The first-order chi connectivity index (χ1) is 14.7. The molecule has 0 spiro atoms. The second-order valence-corrected chi connectivity index (χ2v) is 7.72. The van der Waals surface area contributed by atoms with Crippen molar-refractivity contribution in [2.75, 3.05) is 53.6 Å². The van der Waals surface area contributed by atoms with Gasteiger partial charge in [0.1, 0.15) is 25.9 Å². The van der Waals surface area contributed by atoms with Crippen LogP contribution in [0.3, 0.4) is 0 Å². The average molecular weight is 441 g/mol. The zero-order chi connectivity index (χ0) is 23.1. The van der Waals surface area contributed by atoms with E-state index in [2.05, 4.69) is 16.7 Å². The van der Waals surface area contributed by atoms with Gasteiger partial charge in [0, 0.05) is 6.42 Å². The van der Waals surface area contributed by atoms with Crippen molar-refractivity contribution in [1.29, 1.82) is 0 Å². The van der Waals surface area contributed by atoms with Gasteiger partial charge in [0.2, 0.25) is 5.91 Å². The van der Waals surface area contributed by atoms with E-state index >= 15 is 0 Å². The van der Waals surface area contributed by atoms with Gasteiger partial charge in [-0.05, 0) is 25.0 Å². The van der Waals surface area contributed by atoms with Crippen molar-refractivity contribution in [3.8, 4) is 11.5 Å². The topological polar surface area (TPSA) is 120 Å². The number of hydrogen-bond acceptors (Lipinski definition) is 7. The van der Waals surface area contributed by atoms with E-state index in [1.54, 1.807) is 18.2 Å². The first-order valence-electron chi connectivity index (χ1n) is 10.2. The molecule has 1 rings (SSSR count). The predicted molar refractivity (Wildman–Crippen MR) is 115 cm³/mol. The number of amides is 1. The molecule has 174 valence electrons. The maximum Gasteiger partial charge on any atom is 0.294 e. The largest absolute Gasteiger partial charge is 0.487 e. The number of nitrogens with one attached hydrogen (secondary N) is 1. The lowest BCUT2D eigenvalue weighted by molar-refractivity contribution is -0.892. The van der Waals surface area contributed by atoms with E-state index in [0.717, 1.165) is 0 Å². The highest BCUT2D eigenvalue weighted by Crippen LogP contribution is 2.26. The Morgan fingerprint density at radius 3 is 2.61 bits per heavy atom. The lowest BCUT2D eigenvalue weighted by atomic mass is 10.2. The standard InChI is InChI=1S/C21H33N3O7/c1-4-14-29-19-9-5-6-10-20(19)30-17-18(25)16-24(2,3)13-12-22-21(26)11-7-8-15-31-23(27)28/h4-6,9-10,18,25H,1,7-8,11-17H2,2-3H3/p+1. The highest BCUT2D eigenvalue weighted by Gasteiger charge is 2.21. The predicted octanol–water partition coefficient (Wildman–Crippen LogP) is 1.56. The molecule has 0 saturated heterocycles. The van der Waals surface area contributed by atoms with Crippen molar-refractivity contribution in [3.05, 3.63) is 47.0 Å². The third kappa shape index (κ3) is 12.4. The van der Waals surface area contributed by atoms with Gasteiger partial charge in [-0.3, -0.25) is 4.79 Å². The molecule has 0 bridgehead atoms. The number of quaternary nitrogens is 1. The Balaban J connectivity index is 2.28. The fourth-order valence-corrected chi connectivity index (χ4v) is 2.85. The lowest BCUT2D eigenvalue weighted by Crippen LogP contribution is -2.50. The maximum absolute atomic E-state index is 11.8. The van der Waals surface area contributed by atoms with Crippen LogP contribution >= 0.6 is 0 Å². The van der Waals surface area contributed by atoms with Gasteiger partial charge in [-0.15, -0.1) is 10.1 Å². The number of para-hydroxylation sites is 2. The van der Waals surface area contributed by atoms with E-state index in [1.165, 1.54) is 0 Å². The van der Waals surface area contributed by atoms with Crippen molar-refractivity contribution in [2.24, 2.45) is 0 Å². The van der Waals surface area contributed by atoms with Crippen molar-refractivity contribution < 1.29 is 33.8 Å². The molecular formula is C21H34N3O7+. The zero-order valence-electron chi connectivity index (χ0n) is 18.3. The number of likely N-dealkylation sites (N-methyl/N-ethyl adjacent to an activating group) is 1. The van der Waals surface area contributed by atoms with Crippen molar-refractivity contribution >= 4 is 5.91 Å². The number of aliphatic hydroxyl groups excluding tert-OH is 1. The summed E-state index contributed by atoms with van der Waals surface area (Å²) in [4.78, 5) is 26.1. The van der Waals surface area contributed by atoms with Gasteiger partial charge in [-0.25, -0.2) is 0 Å². The van der Waals surface area contributed by atoms with Crippen molar-refractivity contribution in [3.63, 3.8) is 0 Å². The minimum Gasteiger partial charge on any atom is -0.487 e. The number of carbonyl (C=O) groups excluding carboxylic acids is 1. The van der Waals surface area contributed by atoms with Crippen LogP contribution in [0.2, 0.25) is 0 Å². The van der Waals surface area contributed by atoms with Gasteiger partial charge < -0.3 is 29.2 Å². The minimum absolute atomic E-state index is 0.00495. The SMILES string of the molecule is C=CCOc1ccccc1OCC(O)C[N+](C)(C)CCNC(=O)CCCCO[N+](=O)[O-]. The third-order valence-corrected chi connectivity index (χ3v) is 4.38. The first-order valence-corrected chi connectivity index (χ1v) is 10.2. The fraction of sp³-hybridized carbons (Fsp3) is 0.571. The molecule has 0 heterocycles. The molecule has 1 aromatic carbocycles. The number of ether oxygens (including phenoxy) is 2. The summed E-state index contributed by atoms with van der Waals surface area (Å²) in [6.45, 7) is 5.64. The quantitative estimate of drug-likeness (QED) is 0.124. The minimum atomic E-state index is -0.838. The van der Waals surface area contributed by atoms with Gasteiger partial charge >= 0.3 is 0 Å². The second-order valence-electron chi connectivity index (χ2n) is 7.72. The van der Waals surface area contributed by atoms with Crippen LogP contribution in [0.15, 0.2) is 36.9 Å². The number of rotatable bonds is 17. The van der Waals surface area contributed by atoms with Gasteiger partial charge in [0.25, 0.3) is 5.09 Å². The molecule has 0 aliphatic heterocycles. The number of aliphatic hydroxyl groups is 1. The van der Waals surface area contributed by atoms with Crippen LogP contribution < -0.4 is 14.8 Å². The highest BCUT2D eigenvalue weighted by molar-refractivity contribution is 5.75. The summed E-state index contributed by atoms with van der Waals surface area (Å²) in [7, 11) is 3.93. The van der Waals surface area contributed by atoms with E-state index in [0.29, 0.717) is 55.1 Å². The molecule has 0 aliphatic rings. The van der Waals surface area contributed by atoms with Crippen molar-refractivity contribution in [2.45, 2.75) is 25.4 Å². The molecule has 0 aliphatic carbocycles. The van der Waals surface area contributed by atoms with E-state index in [1.807, 2.05) is 26.2 Å². The molecule has 31 heavy (non-hydrogen) atoms. The number of unbranched alkanes of at least 4 members (excludes halogenated alkanes) is 1. The molecular weight excluding hydrogens is 406 g/mol. The summed E-state index contributed by atoms with van der Waals surface area (Å²) >= 11 is 0. The van der Waals surface area contributed by atoms with Crippen LogP contribution in [0.5, 0.6) is 11.5 Å². The van der Waals surface area contributed by atoms with Crippen LogP contribution in [-0.2, 0) is 9.63 Å². The first kappa shape index (κ1) is 26.2. The monoisotopic (exact) mass is 440 g/mol. The van der Waals surface area contributed by atoms with Crippen LogP contribution in [-0.4, -0.2) is 80.2 Å². The van der Waals surface area contributed by atoms with Crippen molar-refractivity contribution in [1.82, 2.24) is 5.32 Å². The Kier molecular flexibility index (Phi) is 12.0. The molecule has 10 heteroatoms. The Morgan fingerprint density at radius 1 is 1.29 bits per heavy atom. The summed E-state index contributed by atoms with van der Waals surface area (Å²) in [6, 6.07) is 7.25. The summed E-state index contributed by atoms with van der Waals surface area (Å²) in [5.74, 6) is 1.04. The highest BCUT2D eigenvalue weighted by atomic mass is 16.9. The lowest BCUT2D eigenvalue weighted by Gasteiger charge is -2.32. The summed E-state index contributed by atoms with van der Waals surface area (Å²) in [5.41, 5.74) is 0. The molecule has 1 atom stereocenters. The number of carbonyl (C=O) groups is 1. The summed E-state index contributed by atoms with van der Waals surface area (Å²) in [6.07, 6.45) is 2.21. The van der Waals surface area contributed by atoms with E-state index in [-0.39, 0.29) is 25.5 Å². The summed E-state index contributed by atoms with van der Waals surface area (Å²) in [5, 5.41) is 22.4. The number of hydrogen-bond donors (Lipinski definition) is 2. The smallest absolute Gasteiger partial charge is 0.294 e. The maximum atomic E-state index is 11.8. The van der Waals surface area contributed by atoms with Crippen LogP contribution in [0, 0.1) is 10.1 Å². The van der Waals surface area contributed by atoms with E-state index < -0.39 is 11.2 Å². The van der Waals surface area contributed by atoms with E-state index in [4.69, 9.17) is 9.47 Å². The van der Waals surface area contributed by atoms with E-state index in [9.17, 15) is 20.0 Å². The Morgan fingerprint density at radius 2 is 1.97 bits per heavy atom. The average Bonchev–Trinajstić information content (AvgIpc) is 2.70. The molecule has 0 saturated carbocycles. The molecule has 1 aromatic rings. The Hall–Kier alpha value is -2.85. The van der Waals surface area contributed by atoms with Gasteiger partial charge in [0.05, 0.1) is 33.8 Å². The normalized spacial score (nSPS) is 12.0. The number of nitrogens with zero attached hydrogens (tertiary/aromatic N) is 2. The molecule has 0 radical (unpaired) electrons. The number of benzene rings is 1. The zero-order valence-corrected chi connectivity index (χ0v) is 18.3. The third-order valence-electron chi connectivity index (χ3n) is 4.38. The Labute approximate surface area is 183 Å². The summed E-state index contributed by atoms with van der Waals surface area (Å²) < 4.78 is 11.8. The van der Waals surface area contributed by atoms with Crippen LogP contribution in [0.1, 0.15) is 19.3 Å². The molecule has 0 aromatic heterocycles. The molecule has 2 N–H and O–H groups in total. The molecule has 1 amide bonds. The second kappa shape index (κ2) is 14.2. The van der Waals surface area contributed by atoms with Crippen LogP contribution in [0.4, 0.5) is 0 Å². The molecule has 10 nitrogen and oxygen atoms in total. The Bertz CT molecular complexity index is 697. The van der Waals surface area contributed by atoms with Gasteiger partial charge in [-0.1, -0.05) is 24.8 Å². The molecule has 0 fully saturated rings. The van der Waals surface area contributed by atoms with Gasteiger partial charge in [-0.2, -0.15) is 0 Å². The fourth-order valence-electron chi connectivity index (χ4n) is 2.85. The van der Waals surface area contributed by atoms with Crippen LogP contribution in [0.25, 0.3) is 0 Å². The molecule has 1 unspecified atom stereocenters.